The fourth-order valence-electron chi connectivity index (χ4n) is 1.80. The number of anilines is 1. The first kappa shape index (κ1) is 11.0. The summed E-state index contributed by atoms with van der Waals surface area (Å²) in [6.45, 7) is 4.24. The van der Waals surface area contributed by atoms with Crippen LogP contribution in [0.15, 0.2) is 11.0 Å². The molecule has 1 aliphatic heterocycles. The first-order valence-corrected chi connectivity index (χ1v) is 5.29. The maximum Gasteiger partial charge on any atom is 0.363 e. The van der Waals surface area contributed by atoms with Gasteiger partial charge in [-0.05, 0) is 0 Å². The second kappa shape index (κ2) is 5.04. The fourth-order valence-corrected chi connectivity index (χ4v) is 1.80. The van der Waals surface area contributed by atoms with Crippen molar-refractivity contribution in [1.82, 2.24) is 20.1 Å². The summed E-state index contributed by atoms with van der Waals surface area (Å²) in [5, 5.41) is 14.8. The number of nitrogens with one attached hydrogen (secondary N) is 1. The summed E-state index contributed by atoms with van der Waals surface area (Å²) in [5.41, 5.74) is -0.421. The fraction of sp³-hybridized carbons (Fsp3) is 0.667. The lowest BCUT2D eigenvalue weighted by Gasteiger charge is -2.34. The molecule has 2 rings (SSSR count). The van der Waals surface area contributed by atoms with Gasteiger partial charge >= 0.3 is 5.69 Å². The minimum absolute atomic E-state index is 0.185. The normalized spacial score (nSPS) is 17.7. The molecule has 1 saturated heterocycles. The number of H-pyrrole nitrogens is 1. The Balaban J connectivity index is 1.96. The number of aliphatic hydroxyl groups is 1. The highest BCUT2D eigenvalue weighted by Crippen LogP contribution is 2.09. The molecule has 0 saturated carbocycles. The van der Waals surface area contributed by atoms with Crippen LogP contribution in [0.3, 0.4) is 0 Å². The van der Waals surface area contributed by atoms with Crippen molar-refractivity contribution in [2.45, 2.75) is 0 Å². The van der Waals surface area contributed by atoms with Crippen molar-refractivity contribution in [1.29, 1.82) is 0 Å². The topological polar surface area (TPSA) is 85.3 Å². The molecule has 0 aromatic carbocycles. The lowest BCUT2D eigenvalue weighted by atomic mass is 10.3. The smallest absolute Gasteiger partial charge is 0.363 e. The van der Waals surface area contributed by atoms with Crippen molar-refractivity contribution in [3.8, 4) is 0 Å². The van der Waals surface area contributed by atoms with Gasteiger partial charge in [0, 0.05) is 32.7 Å². The van der Waals surface area contributed by atoms with Crippen LogP contribution >= 0.6 is 0 Å². The summed E-state index contributed by atoms with van der Waals surface area (Å²) in [5.74, 6) is 0.618. The van der Waals surface area contributed by atoms with Crippen molar-refractivity contribution < 1.29 is 5.11 Å². The van der Waals surface area contributed by atoms with Crippen LogP contribution in [0.5, 0.6) is 0 Å². The van der Waals surface area contributed by atoms with E-state index in [0.717, 1.165) is 26.2 Å². The molecule has 0 bridgehead atoms. The second-order valence-electron chi connectivity index (χ2n) is 3.70. The Morgan fingerprint density at radius 3 is 2.75 bits per heavy atom. The minimum atomic E-state index is -0.421. The Morgan fingerprint density at radius 1 is 1.38 bits per heavy atom. The number of aliphatic hydroxyl groups excluding tert-OH is 1. The van der Waals surface area contributed by atoms with Crippen LogP contribution in [0, 0.1) is 0 Å². The number of aromatic nitrogens is 3. The molecule has 1 aliphatic rings. The van der Waals surface area contributed by atoms with Gasteiger partial charge in [0.2, 0.25) is 0 Å². The predicted molar refractivity (Wildman–Crippen MR) is 58.4 cm³/mol. The zero-order valence-corrected chi connectivity index (χ0v) is 8.96. The third-order valence-electron chi connectivity index (χ3n) is 2.67. The average molecular weight is 225 g/mol. The summed E-state index contributed by atoms with van der Waals surface area (Å²) in [4.78, 5) is 19.1. The predicted octanol–water partition coefficient (Wildman–Crippen LogP) is -1.72. The molecule has 0 spiro atoms. The quantitative estimate of drug-likeness (QED) is 0.636. The summed E-state index contributed by atoms with van der Waals surface area (Å²) < 4.78 is 0. The van der Waals surface area contributed by atoms with Gasteiger partial charge in [-0.15, -0.1) is 0 Å². The van der Waals surface area contributed by atoms with Crippen molar-refractivity contribution in [3.63, 3.8) is 0 Å². The number of β-amino-alcohol motifs (C(OH)–C–C–N with tert-alkyl or cyclic N) is 1. The van der Waals surface area contributed by atoms with E-state index in [2.05, 4.69) is 20.1 Å². The molecule has 0 amide bonds. The number of piperazine rings is 1. The summed E-state index contributed by atoms with van der Waals surface area (Å²) in [7, 11) is 0. The molecule has 88 valence electrons. The van der Waals surface area contributed by atoms with Crippen LogP contribution in [0.4, 0.5) is 5.82 Å². The van der Waals surface area contributed by atoms with E-state index < -0.39 is 5.69 Å². The van der Waals surface area contributed by atoms with Crippen molar-refractivity contribution in [2.75, 3.05) is 44.2 Å². The zero-order chi connectivity index (χ0) is 11.4. The number of nitrogens with zero attached hydrogens (tertiary/aromatic N) is 4. The molecule has 7 nitrogen and oxygen atoms in total. The maximum absolute atomic E-state index is 11.0. The highest BCUT2D eigenvalue weighted by Gasteiger charge is 2.17. The average Bonchev–Trinajstić information content (AvgIpc) is 2.30. The third-order valence-corrected chi connectivity index (χ3v) is 2.67. The van der Waals surface area contributed by atoms with E-state index in [-0.39, 0.29) is 6.61 Å². The largest absolute Gasteiger partial charge is 0.395 e. The Hall–Kier alpha value is -1.47. The molecule has 0 unspecified atom stereocenters. The van der Waals surface area contributed by atoms with E-state index >= 15 is 0 Å². The van der Waals surface area contributed by atoms with E-state index in [1.807, 2.05) is 4.90 Å². The van der Waals surface area contributed by atoms with Crippen LogP contribution < -0.4 is 10.6 Å². The van der Waals surface area contributed by atoms with E-state index in [0.29, 0.717) is 12.4 Å². The third kappa shape index (κ3) is 2.56. The zero-order valence-electron chi connectivity index (χ0n) is 8.96. The summed E-state index contributed by atoms with van der Waals surface area (Å²) in [6.07, 6.45) is 1.56. The van der Waals surface area contributed by atoms with Crippen molar-refractivity contribution in [3.05, 3.63) is 16.7 Å². The van der Waals surface area contributed by atoms with Crippen molar-refractivity contribution >= 4 is 5.82 Å². The molecule has 2 heterocycles. The van der Waals surface area contributed by atoms with Gasteiger partial charge in [0.05, 0.1) is 12.8 Å². The molecule has 1 aromatic rings. The molecular weight excluding hydrogens is 210 g/mol. The number of hydrogen-bond donors (Lipinski definition) is 2. The van der Waals surface area contributed by atoms with Crippen molar-refractivity contribution in [2.24, 2.45) is 0 Å². The number of hydrogen-bond acceptors (Lipinski definition) is 6. The van der Waals surface area contributed by atoms with Crippen LogP contribution in [-0.2, 0) is 0 Å². The van der Waals surface area contributed by atoms with Gasteiger partial charge in [-0.2, -0.15) is 10.1 Å². The second-order valence-corrected chi connectivity index (χ2v) is 3.70. The number of rotatable bonds is 3. The molecular formula is C9H15N5O2. The highest BCUT2D eigenvalue weighted by molar-refractivity contribution is 5.34. The Labute approximate surface area is 92.7 Å². The highest BCUT2D eigenvalue weighted by atomic mass is 16.3. The van der Waals surface area contributed by atoms with Crippen LogP contribution in [0.25, 0.3) is 0 Å². The van der Waals surface area contributed by atoms with E-state index in [4.69, 9.17) is 5.11 Å². The monoisotopic (exact) mass is 225 g/mol. The van der Waals surface area contributed by atoms with Gasteiger partial charge in [0.25, 0.3) is 0 Å². The van der Waals surface area contributed by atoms with Gasteiger partial charge in [0.1, 0.15) is 0 Å². The summed E-state index contributed by atoms with van der Waals surface area (Å²) >= 11 is 0. The molecule has 7 heteroatoms. The lowest BCUT2D eigenvalue weighted by Crippen LogP contribution is -2.47. The Bertz CT molecular complexity index is 385. The Kier molecular flexibility index (Phi) is 3.47. The first-order valence-electron chi connectivity index (χ1n) is 5.29. The lowest BCUT2D eigenvalue weighted by molar-refractivity contribution is 0.188. The van der Waals surface area contributed by atoms with E-state index in [9.17, 15) is 4.79 Å². The van der Waals surface area contributed by atoms with Crippen LogP contribution in [0.1, 0.15) is 0 Å². The molecule has 2 N–H and O–H groups in total. The minimum Gasteiger partial charge on any atom is -0.395 e. The van der Waals surface area contributed by atoms with Gasteiger partial charge in [-0.1, -0.05) is 0 Å². The molecule has 0 atom stereocenters. The van der Waals surface area contributed by atoms with E-state index in [1.54, 1.807) is 6.20 Å². The maximum atomic E-state index is 11.0. The van der Waals surface area contributed by atoms with Crippen LogP contribution in [-0.4, -0.2) is 64.5 Å². The molecule has 0 radical (unpaired) electrons. The summed E-state index contributed by atoms with van der Waals surface area (Å²) in [6, 6.07) is 0. The Morgan fingerprint density at radius 2 is 2.12 bits per heavy atom. The molecule has 1 aromatic heterocycles. The van der Waals surface area contributed by atoms with Crippen LogP contribution in [0.2, 0.25) is 0 Å². The van der Waals surface area contributed by atoms with Gasteiger partial charge < -0.3 is 10.0 Å². The van der Waals surface area contributed by atoms with Gasteiger partial charge in [0.15, 0.2) is 5.82 Å². The SMILES string of the molecule is O=c1nc(N2CCN(CCO)CC2)cn[nH]1. The van der Waals surface area contributed by atoms with Gasteiger partial charge in [-0.25, -0.2) is 9.89 Å². The number of aromatic amines is 1. The molecule has 1 fully saturated rings. The molecule has 0 aliphatic carbocycles. The molecule has 16 heavy (non-hydrogen) atoms. The first-order chi connectivity index (χ1) is 7.79. The van der Waals surface area contributed by atoms with E-state index in [1.165, 1.54) is 0 Å². The van der Waals surface area contributed by atoms with Gasteiger partial charge in [-0.3, -0.25) is 4.90 Å². The standard InChI is InChI=1S/C9H15N5O2/c15-6-5-13-1-3-14(4-2-13)8-7-10-12-9(16)11-8/h7,15H,1-6H2,(H,11,12,16).